The number of nitrogens with one attached hydrogen (secondary N) is 1. The highest BCUT2D eigenvalue weighted by atomic mass is 32.2. The predicted molar refractivity (Wildman–Crippen MR) is 91.2 cm³/mol. The summed E-state index contributed by atoms with van der Waals surface area (Å²) < 4.78 is 56.6. The molecule has 0 radical (unpaired) electrons. The first kappa shape index (κ1) is 19.0. The summed E-state index contributed by atoms with van der Waals surface area (Å²) in [7, 11) is 0.372. The molecule has 0 aliphatic rings. The maximum Gasteiger partial charge on any atom is 0.241 e. The number of benzene rings is 2. The van der Waals surface area contributed by atoms with Gasteiger partial charge in [-0.1, -0.05) is 0 Å². The standard InChI is InChI=1S/C17H20FNO5S/c1-11(14-9-12(22-2)5-7-16(14)23-3)19-25(20,21)13-6-8-17(24-4)15(18)10-13/h5-11,19H,1-4H3/t11-/m1/s1. The zero-order valence-corrected chi connectivity index (χ0v) is 15.2. The maximum atomic E-state index is 13.8. The van der Waals surface area contributed by atoms with E-state index in [1.165, 1.54) is 33.5 Å². The van der Waals surface area contributed by atoms with Gasteiger partial charge in [0.25, 0.3) is 0 Å². The highest BCUT2D eigenvalue weighted by Gasteiger charge is 2.22. The van der Waals surface area contributed by atoms with E-state index in [1.54, 1.807) is 25.1 Å². The van der Waals surface area contributed by atoms with Gasteiger partial charge in [-0.3, -0.25) is 0 Å². The fraction of sp³-hybridized carbons (Fsp3) is 0.294. The van der Waals surface area contributed by atoms with Crippen LogP contribution in [0.5, 0.6) is 17.2 Å². The zero-order chi connectivity index (χ0) is 18.6. The van der Waals surface area contributed by atoms with Gasteiger partial charge in [0.2, 0.25) is 10.0 Å². The Balaban J connectivity index is 2.33. The molecule has 136 valence electrons. The quantitative estimate of drug-likeness (QED) is 0.812. The third kappa shape index (κ3) is 4.21. The van der Waals surface area contributed by atoms with E-state index in [1.807, 2.05) is 0 Å². The van der Waals surface area contributed by atoms with E-state index in [9.17, 15) is 12.8 Å². The lowest BCUT2D eigenvalue weighted by molar-refractivity contribution is 0.385. The van der Waals surface area contributed by atoms with Gasteiger partial charge in [-0.25, -0.2) is 17.5 Å². The van der Waals surface area contributed by atoms with Crippen molar-refractivity contribution in [3.63, 3.8) is 0 Å². The molecule has 0 aliphatic carbocycles. The second-order valence-corrected chi connectivity index (χ2v) is 6.96. The summed E-state index contributed by atoms with van der Waals surface area (Å²) in [5, 5.41) is 0. The van der Waals surface area contributed by atoms with Crippen molar-refractivity contribution in [2.24, 2.45) is 0 Å². The van der Waals surface area contributed by atoms with E-state index in [0.717, 1.165) is 6.07 Å². The SMILES string of the molecule is COc1ccc(OC)c([C@@H](C)NS(=O)(=O)c2ccc(OC)c(F)c2)c1. The van der Waals surface area contributed by atoms with Crippen molar-refractivity contribution in [3.8, 4) is 17.2 Å². The summed E-state index contributed by atoms with van der Waals surface area (Å²) in [5.41, 5.74) is 0.597. The average molecular weight is 369 g/mol. The monoisotopic (exact) mass is 369 g/mol. The average Bonchev–Trinajstić information content (AvgIpc) is 2.60. The van der Waals surface area contributed by atoms with E-state index >= 15 is 0 Å². The van der Waals surface area contributed by atoms with Crippen molar-refractivity contribution in [3.05, 3.63) is 47.8 Å². The van der Waals surface area contributed by atoms with Gasteiger partial charge in [0, 0.05) is 11.6 Å². The van der Waals surface area contributed by atoms with Gasteiger partial charge in [-0.05, 0) is 43.3 Å². The van der Waals surface area contributed by atoms with Crippen molar-refractivity contribution < 1.29 is 27.0 Å². The third-order valence-electron chi connectivity index (χ3n) is 3.67. The Labute approximate surface area is 146 Å². The molecule has 2 aromatic rings. The van der Waals surface area contributed by atoms with Crippen LogP contribution in [-0.2, 0) is 10.0 Å². The van der Waals surface area contributed by atoms with Crippen LogP contribution in [0.15, 0.2) is 41.3 Å². The van der Waals surface area contributed by atoms with Crippen LogP contribution in [-0.4, -0.2) is 29.7 Å². The first-order chi connectivity index (χ1) is 11.8. The van der Waals surface area contributed by atoms with E-state index in [0.29, 0.717) is 17.1 Å². The molecule has 2 aromatic carbocycles. The molecular formula is C17H20FNO5S. The number of rotatable bonds is 7. The molecule has 0 aliphatic heterocycles. The van der Waals surface area contributed by atoms with Crippen LogP contribution >= 0.6 is 0 Å². The molecule has 0 aromatic heterocycles. The second kappa shape index (κ2) is 7.71. The lowest BCUT2D eigenvalue weighted by Crippen LogP contribution is -2.27. The predicted octanol–water partition coefficient (Wildman–Crippen LogP) is 2.89. The van der Waals surface area contributed by atoms with E-state index in [2.05, 4.69) is 4.72 Å². The Morgan fingerprint density at radius 3 is 2.16 bits per heavy atom. The van der Waals surface area contributed by atoms with Gasteiger partial charge in [0.05, 0.1) is 26.2 Å². The Kier molecular flexibility index (Phi) is 5.86. The number of halogens is 1. The third-order valence-corrected chi connectivity index (χ3v) is 5.21. The van der Waals surface area contributed by atoms with E-state index < -0.39 is 21.9 Å². The molecule has 0 amide bonds. The Hall–Kier alpha value is -2.32. The van der Waals surface area contributed by atoms with Gasteiger partial charge >= 0.3 is 0 Å². The molecular weight excluding hydrogens is 349 g/mol. The molecule has 0 bridgehead atoms. The second-order valence-electron chi connectivity index (χ2n) is 5.25. The molecule has 25 heavy (non-hydrogen) atoms. The number of hydrogen-bond donors (Lipinski definition) is 1. The molecule has 0 spiro atoms. The van der Waals surface area contributed by atoms with E-state index in [4.69, 9.17) is 14.2 Å². The molecule has 2 rings (SSSR count). The van der Waals surface area contributed by atoms with Crippen LogP contribution in [0.3, 0.4) is 0 Å². The Morgan fingerprint density at radius 1 is 0.960 bits per heavy atom. The first-order valence-electron chi connectivity index (χ1n) is 7.40. The highest BCUT2D eigenvalue weighted by molar-refractivity contribution is 7.89. The lowest BCUT2D eigenvalue weighted by Gasteiger charge is -2.18. The number of ether oxygens (including phenoxy) is 3. The number of methoxy groups -OCH3 is 3. The van der Waals surface area contributed by atoms with Gasteiger partial charge < -0.3 is 14.2 Å². The summed E-state index contributed by atoms with van der Waals surface area (Å²) >= 11 is 0. The smallest absolute Gasteiger partial charge is 0.241 e. The molecule has 0 heterocycles. The lowest BCUT2D eigenvalue weighted by atomic mass is 10.1. The maximum absolute atomic E-state index is 13.8. The molecule has 8 heteroatoms. The Morgan fingerprint density at radius 2 is 1.60 bits per heavy atom. The summed E-state index contributed by atoms with van der Waals surface area (Å²) in [4.78, 5) is -0.195. The van der Waals surface area contributed by atoms with Crippen LogP contribution in [0.2, 0.25) is 0 Å². The van der Waals surface area contributed by atoms with Gasteiger partial charge in [0.15, 0.2) is 11.6 Å². The molecule has 0 unspecified atom stereocenters. The van der Waals surface area contributed by atoms with Gasteiger partial charge in [-0.2, -0.15) is 0 Å². The minimum atomic E-state index is -3.94. The van der Waals surface area contributed by atoms with Crippen molar-refractivity contribution in [1.82, 2.24) is 4.72 Å². The van der Waals surface area contributed by atoms with Crippen molar-refractivity contribution >= 4 is 10.0 Å². The fourth-order valence-corrected chi connectivity index (χ4v) is 3.59. The highest BCUT2D eigenvalue weighted by Crippen LogP contribution is 2.30. The topological polar surface area (TPSA) is 73.9 Å². The Bertz CT molecular complexity index is 854. The number of hydrogen-bond acceptors (Lipinski definition) is 5. The van der Waals surface area contributed by atoms with Crippen LogP contribution in [0, 0.1) is 5.82 Å². The van der Waals surface area contributed by atoms with Crippen LogP contribution in [0.25, 0.3) is 0 Å². The van der Waals surface area contributed by atoms with Crippen molar-refractivity contribution in [1.29, 1.82) is 0 Å². The minimum Gasteiger partial charge on any atom is -0.497 e. The van der Waals surface area contributed by atoms with Crippen LogP contribution in [0.4, 0.5) is 4.39 Å². The van der Waals surface area contributed by atoms with Gasteiger partial charge in [0.1, 0.15) is 11.5 Å². The molecule has 1 N–H and O–H groups in total. The first-order valence-corrected chi connectivity index (χ1v) is 8.88. The molecule has 0 saturated carbocycles. The van der Waals surface area contributed by atoms with Crippen molar-refractivity contribution in [2.75, 3.05) is 21.3 Å². The summed E-state index contributed by atoms with van der Waals surface area (Å²) in [6.45, 7) is 1.66. The molecule has 0 saturated heterocycles. The van der Waals surface area contributed by atoms with Crippen molar-refractivity contribution in [2.45, 2.75) is 17.9 Å². The summed E-state index contributed by atoms with van der Waals surface area (Å²) in [6, 6.07) is 7.91. The normalized spacial score (nSPS) is 12.5. The van der Waals surface area contributed by atoms with E-state index in [-0.39, 0.29) is 10.6 Å². The molecule has 6 nitrogen and oxygen atoms in total. The largest absolute Gasteiger partial charge is 0.497 e. The summed E-state index contributed by atoms with van der Waals surface area (Å²) in [5.74, 6) is 0.299. The number of sulfonamides is 1. The molecule has 1 atom stereocenters. The van der Waals surface area contributed by atoms with Gasteiger partial charge in [-0.15, -0.1) is 0 Å². The van der Waals surface area contributed by atoms with Crippen LogP contribution in [0.1, 0.15) is 18.5 Å². The zero-order valence-electron chi connectivity index (χ0n) is 14.4. The fourth-order valence-electron chi connectivity index (χ4n) is 2.36. The minimum absolute atomic E-state index is 0.0264. The molecule has 0 fully saturated rings. The summed E-state index contributed by atoms with van der Waals surface area (Å²) in [6.07, 6.45) is 0. The van der Waals surface area contributed by atoms with Crippen LogP contribution < -0.4 is 18.9 Å².